The number of carbonyl (C=O) groups is 1. The molecule has 0 saturated heterocycles. The molecule has 1 atom stereocenters. The van der Waals surface area contributed by atoms with Gasteiger partial charge in [-0.15, -0.1) is 0 Å². The fourth-order valence-electron chi connectivity index (χ4n) is 2.05. The van der Waals surface area contributed by atoms with Crippen molar-refractivity contribution in [2.75, 3.05) is 6.54 Å². The lowest BCUT2D eigenvalue weighted by molar-refractivity contribution is -0.121. The molecule has 124 valence electrons. The highest BCUT2D eigenvalue weighted by Gasteiger charge is 2.11. The number of aliphatic hydroxyl groups is 1. The smallest absolute Gasteiger partial charge is 0.227 e. The minimum atomic E-state index is -0.496. The van der Waals surface area contributed by atoms with E-state index in [1.54, 1.807) is 24.3 Å². The Bertz CT molecular complexity index is 628. The highest BCUT2D eigenvalue weighted by atomic mass is 35.5. The second-order valence-corrected chi connectivity index (χ2v) is 5.70. The Kier molecular flexibility index (Phi) is 6.55. The van der Waals surface area contributed by atoms with Gasteiger partial charge in [0.05, 0.1) is 6.10 Å². The summed E-state index contributed by atoms with van der Waals surface area (Å²) in [6.45, 7) is 2.26. The number of rotatable bonds is 8. The standard InChI is InChI=1S/C16H20ClN3O3/c1-2-3-13(21)10-18-14(22)8-9-15-19-16(20-23-15)11-4-6-12(17)7-5-11/h4-7,13,21H,2-3,8-10H2,1H3,(H,18,22). The predicted molar refractivity (Wildman–Crippen MR) is 87.0 cm³/mol. The van der Waals surface area contributed by atoms with Crippen molar-refractivity contribution in [1.29, 1.82) is 0 Å². The summed E-state index contributed by atoms with van der Waals surface area (Å²) >= 11 is 5.83. The van der Waals surface area contributed by atoms with E-state index in [2.05, 4.69) is 15.5 Å². The Balaban J connectivity index is 1.80. The molecule has 0 fully saturated rings. The molecule has 2 N–H and O–H groups in total. The van der Waals surface area contributed by atoms with Gasteiger partial charge in [-0.05, 0) is 30.7 Å². The molecular weight excluding hydrogens is 318 g/mol. The van der Waals surface area contributed by atoms with Gasteiger partial charge in [0.1, 0.15) is 0 Å². The quantitative estimate of drug-likeness (QED) is 0.773. The molecule has 2 rings (SSSR count). The van der Waals surface area contributed by atoms with E-state index >= 15 is 0 Å². The molecule has 0 aliphatic rings. The number of carbonyl (C=O) groups excluding carboxylic acids is 1. The Morgan fingerprint density at radius 2 is 2.13 bits per heavy atom. The Morgan fingerprint density at radius 1 is 1.39 bits per heavy atom. The number of hydrogen-bond acceptors (Lipinski definition) is 5. The molecule has 1 heterocycles. The molecule has 7 heteroatoms. The molecule has 0 aliphatic heterocycles. The van der Waals surface area contributed by atoms with Gasteiger partial charge in [0.25, 0.3) is 0 Å². The summed E-state index contributed by atoms with van der Waals surface area (Å²) in [6, 6.07) is 7.11. The van der Waals surface area contributed by atoms with Crippen LogP contribution in [0.5, 0.6) is 0 Å². The molecular formula is C16H20ClN3O3. The number of aliphatic hydroxyl groups excluding tert-OH is 1. The van der Waals surface area contributed by atoms with Gasteiger partial charge < -0.3 is 14.9 Å². The van der Waals surface area contributed by atoms with Crippen LogP contribution in [0.25, 0.3) is 11.4 Å². The molecule has 1 unspecified atom stereocenters. The van der Waals surface area contributed by atoms with Gasteiger partial charge in [0.2, 0.25) is 17.6 Å². The minimum Gasteiger partial charge on any atom is -0.391 e. The lowest BCUT2D eigenvalue weighted by Crippen LogP contribution is -2.32. The number of aromatic nitrogens is 2. The van der Waals surface area contributed by atoms with E-state index in [0.717, 1.165) is 12.0 Å². The van der Waals surface area contributed by atoms with Crippen molar-refractivity contribution in [3.05, 3.63) is 35.2 Å². The van der Waals surface area contributed by atoms with E-state index in [-0.39, 0.29) is 18.9 Å². The van der Waals surface area contributed by atoms with E-state index in [1.165, 1.54) is 0 Å². The summed E-state index contributed by atoms with van der Waals surface area (Å²) in [4.78, 5) is 16.0. The normalized spacial score (nSPS) is 12.1. The van der Waals surface area contributed by atoms with Crippen molar-refractivity contribution in [2.24, 2.45) is 0 Å². The van der Waals surface area contributed by atoms with E-state index in [0.29, 0.717) is 29.6 Å². The van der Waals surface area contributed by atoms with Gasteiger partial charge in [-0.25, -0.2) is 0 Å². The molecule has 0 saturated carbocycles. The van der Waals surface area contributed by atoms with E-state index in [9.17, 15) is 9.90 Å². The molecule has 1 amide bonds. The topological polar surface area (TPSA) is 88.2 Å². The summed E-state index contributed by atoms with van der Waals surface area (Å²) in [5, 5.41) is 16.8. The number of amides is 1. The number of hydrogen-bond donors (Lipinski definition) is 2. The second-order valence-electron chi connectivity index (χ2n) is 5.27. The fraction of sp³-hybridized carbons (Fsp3) is 0.438. The zero-order valence-electron chi connectivity index (χ0n) is 13.0. The maximum atomic E-state index is 11.7. The molecule has 1 aromatic heterocycles. The maximum absolute atomic E-state index is 11.7. The largest absolute Gasteiger partial charge is 0.391 e. The van der Waals surface area contributed by atoms with Crippen molar-refractivity contribution >= 4 is 17.5 Å². The lowest BCUT2D eigenvalue weighted by Gasteiger charge is -2.09. The molecule has 0 radical (unpaired) electrons. The molecule has 0 aliphatic carbocycles. The summed E-state index contributed by atoms with van der Waals surface area (Å²) in [7, 11) is 0. The van der Waals surface area contributed by atoms with Gasteiger partial charge >= 0.3 is 0 Å². The van der Waals surface area contributed by atoms with E-state index in [1.807, 2.05) is 6.92 Å². The fourth-order valence-corrected chi connectivity index (χ4v) is 2.17. The maximum Gasteiger partial charge on any atom is 0.227 e. The van der Waals surface area contributed by atoms with Crippen LogP contribution in [0.3, 0.4) is 0 Å². The molecule has 1 aromatic carbocycles. The van der Waals surface area contributed by atoms with Crippen molar-refractivity contribution in [3.63, 3.8) is 0 Å². The van der Waals surface area contributed by atoms with Crippen molar-refractivity contribution in [3.8, 4) is 11.4 Å². The first-order valence-corrected chi connectivity index (χ1v) is 7.99. The van der Waals surface area contributed by atoms with Gasteiger partial charge in [-0.2, -0.15) is 4.98 Å². The Morgan fingerprint density at radius 3 is 2.83 bits per heavy atom. The van der Waals surface area contributed by atoms with Gasteiger partial charge in [0.15, 0.2) is 0 Å². The number of aryl methyl sites for hydroxylation is 1. The van der Waals surface area contributed by atoms with Crippen molar-refractivity contribution in [2.45, 2.75) is 38.7 Å². The van der Waals surface area contributed by atoms with Crippen LogP contribution in [0.4, 0.5) is 0 Å². The molecule has 0 bridgehead atoms. The third-order valence-corrected chi connectivity index (χ3v) is 3.55. The zero-order valence-corrected chi connectivity index (χ0v) is 13.7. The Labute approximate surface area is 139 Å². The first-order valence-electron chi connectivity index (χ1n) is 7.61. The van der Waals surface area contributed by atoms with Gasteiger partial charge in [-0.1, -0.05) is 30.1 Å². The predicted octanol–water partition coefficient (Wildman–Crippen LogP) is 2.60. The highest BCUT2D eigenvalue weighted by Crippen LogP contribution is 2.18. The van der Waals surface area contributed by atoms with E-state index in [4.69, 9.17) is 16.1 Å². The van der Waals surface area contributed by atoms with Crippen LogP contribution >= 0.6 is 11.6 Å². The average Bonchev–Trinajstić information content (AvgIpc) is 3.01. The summed E-state index contributed by atoms with van der Waals surface area (Å²) in [6.07, 6.45) is 1.65. The number of nitrogens with one attached hydrogen (secondary N) is 1. The van der Waals surface area contributed by atoms with Crippen LogP contribution in [0.15, 0.2) is 28.8 Å². The van der Waals surface area contributed by atoms with Crippen LogP contribution < -0.4 is 5.32 Å². The molecule has 2 aromatic rings. The minimum absolute atomic E-state index is 0.147. The van der Waals surface area contributed by atoms with Crippen LogP contribution in [-0.2, 0) is 11.2 Å². The Hall–Kier alpha value is -1.92. The monoisotopic (exact) mass is 337 g/mol. The van der Waals surface area contributed by atoms with Crippen LogP contribution in [0.2, 0.25) is 5.02 Å². The van der Waals surface area contributed by atoms with E-state index < -0.39 is 6.10 Å². The molecule has 0 spiro atoms. The molecule has 23 heavy (non-hydrogen) atoms. The van der Waals surface area contributed by atoms with Crippen LogP contribution in [-0.4, -0.2) is 33.8 Å². The van der Waals surface area contributed by atoms with Gasteiger partial charge in [-0.3, -0.25) is 4.79 Å². The molecule has 6 nitrogen and oxygen atoms in total. The summed E-state index contributed by atoms with van der Waals surface area (Å²) in [5.74, 6) is 0.723. The first-order chi connectivity index (χ1) is 11.1. The third-order valence-electron chi connectivity index (χ3n) is 3.29. The van der Waals surface area contributed by atoms with Crippen molar-refractivity contribution in [1.82, 2.24) is 15.5 Å². The highest BCUT2D eigenvalue weighted by molar-refractivity contribution is 6.30. The number of benzene rings is 1. The SMILES string of the molecule is CCCC(O)CNC(=O)CCc1nc(-c2ccc(Cl)cc2)no1. The number of nitrogens with zero attached hydrogens (tertiary/aromatic N) is 2. The van der Waals surface area contributed by atoms with Crippen LogP contribution in [0.1, 0.15) is 32.1 Å². The van der Waals surface area contributed by atoms with Crippen LogP contribution in [0, 0.1) is 0 Å². The first kappa shape index (κ1) is 17.4. The second kappa shape index (κ2) is 8.64. The number of halogens is 1. The summed E-state index contributed by atoms with van der Waals surface area (Å²) in [5.41, 5.74) is 0.802. The third kappa shape index (κ3) is 5.65. The van der Waals surface area contributed by atoms with Gasteiger partial charge in [0, 0.05) is 30.0 Å². The lowest BCUT2D eigenvalue weighted by atomic mass is 10.2. The van der Waals surface area contributed by atoms with Crippen molar-refractivity contribution < 1.29 is 14.4 Å². The summed E-state index contributed by atoms with van der Waals surface area (Å²) < 4.78 is 5.14. The zero-order chi connectivity index (χ0) is 16.7. The average molecular weight is 338 g/mol.